The summed E-state index contributed by atoms with van der Waals surface area (Å²) in [6.45, 7) is 6.47. The molecule has 0 aliphatic heterocycles. The summed E-state index contributed by atoms with van der Waals surface area (Å²) in [5.74, 6) is 0.626. The van der Waals surface area contributed by atoms with E-state index in [-0.39, 0.29) is 18.1 Å². The molecule has 0 aliphatic rings. The summed E-state index contributed by atoms with van der Waals surface area (Å²) >= 11 is 0. The fourth-order valence-corrected chi connectivity index (χ4v) is 2.58. The quantitative estimate of drug-likeness (QED) is 0.699. The molecule has 3 aromatic rings. The lowest BCUT2D eigenvalue weighted by atomic mass is 10.1. The van der Waals surface area contributed by atoms with Crippen molar-refractivity contribution in [3.63, 3.8) is 0 Å². The number of para-hydroxylation sites is 1. The second-order valence-electron chi connectivity index (χ2n) is 6.44. The van der Waals surface area contributed by atoms with Crippen LogP contribution in [0.4, 0.5) is 0 Å². The molecule has 130 valence electrons. The first-order valence-corrected chi connectivity index (χ1v) is 8.53. The predicted octanol–water partition coefficient (Wildman–Crippen LogP) is 4.85. The van der Waals surface area contributed by atoms with Gasteiger partial charge >= 0.3 is 0 Å². The Morgan fingerprint density at radius 1 is 1.08 bits per heavy atom. The normalized spacial score (nSPS) is 12.5. The van der Waals surface area contributed by atoms with Crippen molar-refractivity contribution >= 4 is 16.9 Å². The fraction of sp³-hybridized carbons (Fsp3) is 0.286. The fourth-order valence-electron chi connectivity index (χ4n) is 2.58. The van der Waals surface area contributed by atoms with Crippen LogP contribution in [-0.4, -0.2) is 12.0 Å². The Morgan fingerprint density at radius 3 is 2.48 bits per heavy atom. The van der Waals surface area contributed by atoms with Crippen LogP contribution in [0, 0.1) is 0 Å². The van der Waals surface area contributed by atoms with E-state index in [1.54, 1.807) is 0 Å². The minimum absolute atomic E-state index is 0.121. The molecule has 2 aromatic carbocycles. The average molecular weight is 337 g/mol. The molecule has 1 atom stereocenters. The van der Waals surface area contributed by atoms with Gasteiger partial charge in [0.25, 0.3) is 5.91 Å². The first-order valence-electron chi connectivity index (χ1n) is 8.53. The van der Waals surface area contributed by atoms with Crippen LogP contribution in [0.3, 0.4) is 0 Å². The second kappa shape index (κ2) is 7.53. The zero-order valence-corrected chi connectivity index (χ0v) is 14.8. The minimum atomic E-state index is -0.205. The third-order valence-corrected chi connectivity index (χ3v) is 4.02. The van der Waals surface area contributed by atoms with Crippen LogP contribution < -0.4 is 5.32 Å². The second-order valence-corrected chi connectivity index (χ2v) is 6.44. The average Bonchev–Trinajstić information content (AvgIpc) is 3.04. The van der Waals surface area contributed by atoms with Crippen molar-refractivity contribution in [2.45, 2.75) is 39.5 Å². The van der Waals surface area contributed by atoms with Crippen molar-refractivity contribution < 1.29 is 13.9 Å². The third kappa shape index (κ3) is 4.28. The van der Waals surface area contributed by atoms with Gasteiger partial charge in [-0.25, -0.2) is 0 Å². The van der Waals surface area contributed by atoms with Crippen molar-refractivity contribution in [3.8, 4) is 0 Å². The molecule has 0 saturated heterocycles. The van der Waals surface area contributed by atoms with E-state index in [1.807, 2.05) is 75.4 Å². The molecular weight excluding hydrogens is 314 g/mol. The maximum absolute atomic E-state index is 12.4. The molecule has 0 unspecified atom stereocenters. The summed E-state index contributed by atoms with van der Waals surface area (Å²) in [4.78, 5) is 12.4. The molecule has 1 amide bonds. The van der Waals surface area contributed by atoms with Crippen LogP contribution in [0.2, 0.25) is 0 Å². The van der Waals surface area contributed by atoms with E-state index in [4.69, 9.17) is 9.15 Å². The molecule has 3 rings (SSSR count). The number of hydrogen-bond donors (Lipinski definition) is 1. The van der Waals surface area contributed by atoms with Crippen molar-refractivity contribution in [2.24, 2.45) is 0 Å². The Kier molecular flexibility index (Phi) is 5.19. The first-order chi connectivity index (χ1) is 12.0. The number of ether oxygens (including phenoxy) is 1. The molecule has 0 spiro atoms. The van der Waals surface area contributed by atoms with E-state index in [0.29, 0.717) is 12.2 Å². The number of fused-ring (bicyclic) bond motifs is 1. The summed E-state index contributed by atoms with van der Waals surface area (Å²) in [7, 11) is 0. The van der Waals surface area contributed by atoms with Gasteiger partial charge in [-0.15, -0.1) is 0 Å². The van der Waals surface area contributed by atoms with E-state index in [0.717, 1.165) is 22.3 Å². The molecular formula is C21H23NO3. The van der Waals surface area contributed by atoms with E-state index in [1.165, 1.54) is 0 Å². The lowest BCUT2D eigenvalue weighted by Gasteiger charge is -2.12. The van der Waals surface area contributed by atoms with Gasteiger partial charge in [0.1, 0.15) is 11.3 Å². The van der Waals surface area contributed by atoms with E-state index < -0.39 is 0 Å². The van der Waals surface area contributed by atoms with Crippen molar-refractivity contribution in [1.29, 1.82) is 0 Å². The van der Waals surface area contributed by atoms with Gasteiger partial charge in [-0.2, -0.15) is 0 Å². The molecule has 0 aliphatic carbocycles. The van der Waals surface area contributed by atoms with Gasteiger partial charge in [-0.1, -0.05) is 30.3 Å². The number of hydrogen-bond acceptors (Lipinski definition) is 3. The molecule has 1 heterocycles. The highest BCUT2D eigenvalue weighted by molar-refractivity contribution is 5.94. The molecule has 0 fully saturated rings. The number of furan rings is 1. The molecule has 0 radical (unpaired) electrons. The Labute approximate surface area is 147 Å². The molecule has 25 heavy (non-hydrogen) atoms. The van der Waals surface area contributed by atoms with Crippen LogP contribution in [0.1, 0.15) is 48.5 Å². The van der Waals surface area contributed by atoms with Crippen molar-refractivity contribution in [3.05, 3.63) is 71.5 Å². The van der Waals surface area contributed by atoms with Gasteiger partial charge < -0.3 is 14.5 Å². The monoisotopic (exact) mass is 337 g/mol. The van der Waals surface area contributed by atoms with Gasteiger partial charge in [-0.3, -0.25) is 4.79 Å². The maximum Gasteiger partial charge on any atom is 0.251 e. The van der Waals surface area contributed by atoms with Gasteiger partial charge in [-0.05, 0) is 50.6 Å². The zero-order valence-electron chi connectivity index (χ0n) is 14.8. The summed E-state index contributed by atoms with van der Waals surface area (Å²) < 4.78 is 11.4. The Hall–Kier alpha value is -2.59. The highest BCUT2D eigenvalue weighted by Crippen LogP contribution is 2.23. The molecule has 4 nitrogen and oxygen atoms in total. The van der Waals surface area contributed by atoms with Crippen molar-refractivity contribution in [1.82, 2.24) is 5.32 Å². The standard InChI is InChI=1S/C21H23NO3/c1-14(2)24-13-16-8-10-17(11-9-16)21(23)22-15(3)20-12-18-6-4-5-7-19(18)25-20/h4-12,14-15H,13H2,1-3H3,(H,22,23)/t15-/m1/s1. The van der Waals surface area contributed by atoms with Gasteiger partial charge in [0.15, 0.2) is 0 Å². The van der Waals surface area contributed by atoms with Crippen LogP contribution in [0.25, 0.3) is 11.0 Å². The number of carbonyl (C=O) groups is 1. The van der Waals surface area contributed by atoms with Crippen molar-refractivity contribution in [2.75, 3.05) is 0 Å². The number of benzene rings is 2. The molecule has 1 N–H and O–H groups in total. The van der Waals surface area contributed by atoms with Crippen LogP contribution in [0.5, 0.6) is 0 Å². The van der Waals surface area contributed by atoms with E-state index in [2.05, 4.69) is 5.32 Å². The topological polar surface area (TPSA) is 51.5 Å². The third-order valence-electron chi connectivity index (χ3n) is 4.02. The van der Waals surface area contributed by atoms with E-state index in [9.17, 15) is 4.79 Å². The summed E-state index contributed by atoms with van der Waals surface area (Å²) in [5.41, 5.74) is 2.50. The predicted molar refractivity (Wildman–Crippen MR) is 98.5 cm³/mol. The maximum atomic E-state index is 12.4. The zero-order chi connectivity index (χ0) is 17.8. The highest BCUT2D eigenvalue weighted by Gasteiger charge is 2.15. The number of nitrogens with one attached hydrogen (secondary N) is 1. The Morgan fingerprint density at radius 2 is 1.80 bits per heavy atom. The van der Waals surface area contributed by atoms with Gasteiger partial charge in [0.2, 0.25) is 0 Å². The number of carbonyl (C=O) groups excluding carboxylic acids is 1. The SMILES string of the molecule is CC(C)OCc1ccc(C(=O)N[C@H](C)c2cc3ccccc3o2)cc1. The van der Waals surface area contributed by atoms with Crippen LogP contribution >= 0.6 is 0 Å². The van der Waals surface area contributed by atoms with Gasteiger partial charge in [0, 0.05) is 10.9 Å². The first kappa shape index (κ1) is 17.2. The van der Waals surface area contributed by atoms with Crippen LogP contribution in [0.15, 0.2) is 59.0 Å². The van der Waals surface area contributed by atoms with Gasteiger partial charge in [0.05, 0.1) is 18.8 Å². The Bertz CT molecular complexity index is 816. The highest BCUT2D eigenvalue weighted by atomic mass is 16.5. The molecule has 4 heteroatoms. The summed E-state index contributed by atoms with van der Waals surface area (Å²) in [6, 6.07) is 17.1. The molecule has 1 aromatic heterocycles. The lowest BCUT2D eigenvalue weighted by Crippen LogP contribution is -2.26. The smallest absolute Gasteiger partial charge is 0.251 e. The summed E-state index contributed by atoms with van der Waals surface area (Å²) in [5, 5.41) is 4.01. The number of rotatable bonds is 6. The molecule has 0 saturated carbocycles. The molecule has 0 bridgehead atoms. The Balaban J connectivity index is 1.64. The number of amides is 1. The minimum Gasteiger partial charge on any atom is -0.459 e. The van der Waals surface area contributed by atoms with E-state index >= 15 is 0 Å². The summed E-state index contributed by atoms with van der Waals surface area (Å²) in [6.07, 6.45) is 0.188. The largest absolute Gasteiger partial charge is 0.459 e. The van der Waals surface area contributed by atoms with Crippen LogP contribution in [-0.2, 0) is 11.3 Å². The lowest BCUT2D eigenvalue weighted by molar-refractivity contribution is 0.0656.